The highest BCUT2D eigenvalue weighted by Crippen LogP contribution is 2.24. The zero-order valence-corrected chi connectivity index (χ0v) is 10.00. The topological polar surface area (TPSA) is 54.7 Å². The zero-order chi connectivity index (χ0) is 12.4. The van der Waals surface area contributed by atoms with Crippen LogP contribution in [0, 0.1) is 5.82 Å². The van der Waals surface area contributed by atoms with Crippen LogP contribution in [0.1, 0.15) is 31.3 Å². The van der Waals surface area contributed by atoms with Gasteiger partial charge >= 0.3 is 0 Å². The van der Waals surface area contributed by atoms with Gasteiger partial charge in [-0.15, -0.1) is 0 Å². The first-order valence-corrected chi connectivity index (χ1v) is 5.66. The highest BCUT2D eigenvalue weighted by molar-refractivity contribution is 5.62. The fraction of sp³-hybridized carbons (Fsp3) is 0.308. The van der Waals surface area contributed by atoms with Gasteiger partial charge in [-0.1, -0.05) is 13.8 Å². The number of nitrogens with zero attached hydrogens (tertiary/aromatic N) is 1. The first-order chi connectivity index (χ1) is 8.11. The third kappa shape index (κ3) is 2.36. The fourth-order valence-electron chi connectivity index (χ4n) is 1.70. The predicted molar refractivity (Wildman–Crippen MR) is 66.0 cm³/mol. The summed E-state index contributed by atoms with van der Waals surface area (Å²) in [6, 6.07) is 6.29. The molecule has 4 heteroatoms. The molecule has 3 nitrogen and oxygen atoms in total. The van der Waals surface area contributed by atoms with Crippen molar-refractivity contribution in [1.29, 1.82) is 0 Å². The lowest BCUT2D eigenvalue weighted by molar-refractivity contribution is 0.628. The zero-order valence-electron chi connectivity index (χ0n) is 10.00. The van der Waals surface area contributed by atoms with Crippen LogP contribution < -0.4 is 5.73 Å². The molecule has 0 saturated heterocycles. The molecule has 2 rings (SSSR count). The molecule has 0 atom stereocenters. The van der Waals surface area contributed by atoms with Gasteiger partial charge in [-0.05, 0) is 24.3 Å². The van der Waals surface area contributed by atoms with Crippen LogP contribution in [0.25, 0.3) is 11.3 Å². The summed E-state index contributed by atoms with van der Waals surface area (Å²) < 4.78 is 12.9. The van der Waals surface area contributed by atoms with E-state index in [9.17, 15) is 4.39 Å². The van der Waals surface area contributed by atoms with Crippen LogP contribution in [-0.2, 0) is 6.54 Å². The van der Waals surface area contributed by atoms with E-state index in [-0.39, 0.29) is 5.82 Å². The van der Waals surface area contributed by atoms with Crippen LogP contribution in [0.2, 0.25) is 0 Å². The smallest absolute Gasteiger partial charge is 0.123 e. The number of aromatic amines is 1. The Morgan fingerprint density at radius 2 is 1.94 bits per heavy atom. The SMILES string of the molecule is CC(C)c1nc(-c2ccc(F)cc2)c(CN)[nH]1. The Labute approximate surface area is 99.9 Å². The van der Waals surface area contributed by atoms with Crippen LogP contribution in [0.4, 0.5) is 4.39 Å². The molecule has 0 saturated carbocycles. The van der Waals surface area contributed by atoms with E-state index < -0.39 is 0 Å². The van der Waals surface area contributed by atoms with Gasteiger partial charge in [0.1, 0.15) is 11.6 Å². The Morgan fingerprint density at radius 3 is 2.47 bits per heavy atom. The van der Waals surface area contributed by atoms with Crippen molar-refractivity contribution < 1.29 is 4.39 Å². The molecule has 17 heavy (non-hydrogen) atoms. The first kappa shape index (κ1) is 11.8. The molecule has 90 valence electrons. The van der Waals surface area contributed by atoms with Crippen LogP contribution in [0.15, 0.2) is 24.3 Å². The molecule has 0 radical (unpaired) electrons. The van der Waals surface area contributed by atoms with E-state index in [0.717, 1.165) is 22.8 Å². The summed E-state index contributed by atoms with van der Waals surface area (Å²) in [7, 11) is 0. The molecule has 0 bridgehead atoms. The summed E-state index contributed by atoms with van der Waals surface area (Å²) in [5.41, 5.74) is 8.28. The van der Waals surface area contributed by atoms with Gasteiger partial charge in [-0.2, -0.15) is 0 Å². The van der Waals surface area contributed by atoms with Crippen LogP contribution in [-0.4, -0.2) is 9.97 Å². The number of imidazole rings is 1. The van der Waals surface area contributed by atoms with E-state index in [2.05, 4.69) is 23.8 Å². The molecule has 3 N–H and O–H groups in total. The second-order valence-electron chi connectivity index (χ2n) is 4.31. The van der Waals surface area contributed by atoms with E-state index in [0.29, 0.717) is 12.5 Å². The number of aromatic nitrogens is 2. The van der Waals surface area contributed by atoms with Crippen molar-refractivity contribution in [2.24, 2.45) is 5.73 Å². The van der Waals surface area contributed by atoms with Crippen LogP contribution >= 0.6 is 0 Å². The van der Waals surface area contributed by atoms with Crippen molar-refractivity contribution in [1.82, 2.24) is 9.97 Å². The average Bonchev–Trinajstić information content (AvgIpc) is 2.74. The lowest BCUT2D eigenvalue weighted by Crippen LogP contribution is -1.99. The molecule has 0 aliphatic rings. The Kier molecular flexibility index (Phi) is 3.24. The minimum absolute atomic E-state index is 0.248. The normalized spacial score (nSPS) is 11.1. The van der Waals surface area contributed by atoms with Crippen molar-refractivity contribution in [3.8, 4) is 11.3 Å². The Hall–Kier alpha value is -1.68. The minimum Gasteiger partial charge on any atom is -0.344 e. The molecule has 0 aliphatic heterocycles. The van der Waals surface area contributed by atoms with Gasteiger partial charge in [0.25, 0.3) is 0 Å². The average molecular weight is 233 g/mol. The van der Waals surface area contributed by atoms with Crippen LogP contribution in [0.3, 0.4) is 0 Å². The maximum absolute atomic E-state index is 12.9. The van der Waals surface area contributed by atoms with E-state index >= 15 is 0 Å². The second-order valence-corrected chi connectivity index (χ2v) is 4.31. The molecule has 0 spiro atoms. The van der Waals surface area contributed by atoms with Crippen molar-refractivity contribution in [2.45, 2.75) is 26.3 Å². The van der Waals surface area contributed by atoms with Gasteiger partial charge in [0.05, 0.1) is 11.4 Å². The highest BCUT2D eigenvalue weighted by Gasteiger charge is 2.12. The molecule has 1 aromatic carbocycles. The molecule has 1 aromatic heterocycles. The number of benzene rings is 1. The van der Waals surface area contributed by atoms with Crippen molar-refractivity contribution in [2.75, 3.05) is 0 Å². The summed E-state index contributed by atoms with van der Waals surface area (Å²) in [4.78, 5) is 7.74. The molecule has 0 unspecified atom stereocenters. The van der Waals surface area contributed by atoms with Gasteiger partial charge in [-0.3, -0.25) is 0 Å². The molecule has 2 aromatic rings. The fourth-order valence-corrected chi connectivity index (χ4v) is 1.70. The molecular weight excluding hydrogens is 217 g/mol. The number of H-pyrrole nitrogens is 1. The van der Waals surface area contributed by atoms with E-state index in [1.807, 2.05) is 0 Å². The van der Waals surface area contributed by atoms with Gasteiger partial charge in [0.2, 0.25) is 0 Å². The first-order valence-electron chi connectivity index (χ1n) is 5.66. The number of nitrogens with one attached hydrogen (secondary N) is 1. The quantitative estimate of drug-likeness (QED) is 0.856. The Morgan fingerprint density at radius 1 is 1.29 bits per heavy atom. The molecule has 0 fully saturated rings. The largest absolute Gasteiger partial charge is 0.344 e. The molecule has 1 heterocycles. The Balaban J connectivity index is 2.46. The number of halogens is 1. The van der Waals surface area contributed by atoms with Crippen molar-refractivity contribution >= 4 is 0 Å². The standard InChI is InChI=1S/C13H16FN3/c1-8(2)13-16-11(7-15)12(17-13)9-3-5-10(14)6-4-9/h3-6,8H,7,15H2,1-2H3,(H,16,17). The molecular formula is C13H16FN3. The summed E-state index contributed by atoms with van der Waals surface area (Å²) in [6.45, 7) is 4.52. The third-order valence-corrected chi connectivity index (χ3v) is 2.67. The Bertz CT molecular complexity index is 500. The van der Waals surface area contributed by atoms with E-state index in [1.54, 1.807) is 12.1 Å². The lowest BCUT2D eigenvalue weighted by atomic mass is 10.1. The summed E-state index contributed by atoms with van der Waals surface area (Å²) in [5.74, 6) is 0.974. The van der Waals surface area contributed by atoms with E-state index in [1.165, 1.54) is 12.1 Å². The maximum Gasteiger partial charge on any atom is 0.123 e. The number of rotatable bonds is 3. The van der Waals surface area contributed by atoms with E-state index in [4.69, 9.17) is 5.73 Å². The van der Waals surface area contributed by atoms with Crippen molar-refractivity contribution in [3.63, 3.8) is 0 Å². The molecule has 0 amide bonds. The van der Waals surface area contributed by atoms with Gasteiger partial charge in [-0.25, -0.2) is 9.37 Å². The maximum atomic E-state index is 12.9. The molecule has 0 aliphatic carbocycles. The van der Waals surface area contributed by atoms with Gasteiger partial charge in [0, 0.05) is 18.0 Å². The second kappa shape index (κ2) is 4.67. The van der Waals surface area contributed by atoms with Crippen molar-refractivity contribution in [3.05, 3.63) is 41.6 Å². The monoisotopic (exact) mass is 233 g/mol. The highest BCUT2D eigenvalue weighted by atomic mass is 19.1. The lowest BCUT2D eigenvalue weighted by Gasteiger charge is -1.99. The summed E-state index contributed by atoms with van der Waals surface area (Å²) >= 11 is 0. The summed E-state index contributed by atoms with van der Waals surface area (Å²) in [6.07, 6.45) is 0. The third-order valence-electron chi connectivity index (χ3n) is 2.67. The number of hydrogen-bond acceptors (Lipinski definition) is 2. The number of nitrogens with two attached hydrogens (primary N) is 1. The van der Waals surface area contributed by atoms with Crippen LogP contribution in [0.5, 0.6) is 0 Å². The summed E-state index contributed by atoms with van der Waals surface area (Å²) in [5, 5.41) is 0. The number of hydrogen-bond donors (Lipinski definition) is 2. The predicted octanol–water partition coefficient (Wildman–Crippen LogP) is 2.80. The minimum atomic E-state index is -0.248. The van der Waals surface area contributed by atoms with Gasteiger partial charge < -0.3 is 10.7 Å². The van der Waals surface area contributed by atoms with Gasteiger partial charge in [0.15, 0.2) is 0 Å².